The van der Waals surface area contributed by atoms with Gasteiger partial charge in [0.1, 0.15) is 0 Å². The fourth-order valence-corrected chi connectivity index (χ4v) is 2.46. The number of benzene rings is 1. The lowest BCUT2D eigenvalue weighted by Crippen LogP contribution is -2.06. The Hall–Kier alpha value is -2.82. The van der Waals surface area contributed by atoms with Crippen molar-refractivity contribution in [3.63, 3.8) is 0 Å². The van der Waals surface area contributed by atoms with Crippen LogP contribution in [0.5, 0.6) is 0 Å². The van der Waals surface area contributed by atoms with Gasteiger partial charge in [0.05, 0.1) is 10.8 Å². The largest absolute Gasteiger partial charge is 0.367 e. The number of nitrogens with zero attached hydrogens (tertiary/aromatic N) is 1. The topological polar surface area (TPSA) is 74.7 Å². The summed E-state index contributed by atoms with van der Waals surface area (Å²) in [6.45, 7) is 0. The van der Waals surface area contributed by atoms with Crippen LogP contribution in [0.15, 0.2) is 61.1 Å². The SMILES string of the molecule is O=[N+]([O-])c1ccccc1C(c1cc[nH]c1)c1ccc[nH]1. The number of aromatic amines is 2. The van der Waals surface area contributed by atoms with E-state index in [9.17, 15) is 10.1 Å². The van der Waals surface area contributed by atoms with E-state index >= 15 is 0 Å². The molecule has 2 N–H and O–H groups in total. The maximum absolute atomic E-state index is 11.3. The molecule has 2 heterocycles. The number of nitro groups is 1. The molecule has 100 valence electrons. The molecular weight excluding hydrogens is 254 g/mol. The molecule has 3 aromatic rings. The molecule has 0 saturated heterocycles. The molecule has 0 bridgehead atoms. The van der Waals surface area contributed by atoms with Crippen LogP contribution in [0.1, 0.15) is 22.7 Å². The summed E-state index contributed by atoms with van der Waals surface area (Å²) in [6.07, 6.45) is 5.51. The van der Waals surface area contributed by atoms with Gasteiger partial charge < -0.3 is 9.97 Å². The predicted octanol–water partition coefficient (Wildman–Crippen LogP) is 3.43. The van der Waals surface area contributed by atoms with Gasteiger partial charge in [0.2, 0.25) is 0 Å². The standard InChI is InChI=1S/C15H13N3O2/c19-18(20)14-6-2-1-4-12(14)15(11-7-9-16-10-11)13-5-3-8-17-13/h1-10,15-17H. The number of para-hydroxylation sites is 1. The van der Waals surface area contributed by atoms with E-state index in [-0.39, 0.29) is 16.5 Å². The van der Waals surface area contributed by atoms with Gasteiger partial charge >= 0.3 is 0 Å². The van der Waals surface area contributed by atoms with Crippen LogP contribution in [0.2, 0.25) is 0 Å². The number of rotatable bonds is 4. The highest BCUT2D eigenvalue weighted by atomic mass is 16.6. The highest BCUT2D eigenvalue weighted by Crippen LogP contribution is 2.35. The van der Waals surface area contributed by atoms with Gasteiger partial charge in [0.15, 0.2) is 0 Å². The fraction of sp³-hybridized carbons (Fsp3) is 0.0667. The molecule has 0 aliphatic carbocycles. The molecule has 1 unspecified atom stereocenters. The van der Waals surface area contributed by atoms with Crippen molar-refractivity contribution in [3.8, 4) is 0 Å². The van der Waals surface area contributed by atoms with Crippen LogP contribution in [-0.2, 0) is 0 Å². The van der Waals surface area contributed by atoms with Gasteiger partial charge in [-0.25, -0.2) is 0 Å². The Labute approximate surface area is 115 Å². The van der Waals surface area contributed by atoms with Gasteiger partial charge in [-0.3, -0.25) is 10.1 Å². The quantitative estimate of drug-likeness (QED) is 0.561. The molecule has 5 nitrogen and oxygen atoms in total. The first-order valence-electron chi connectivity index (χ1n) is 6.26. The molecule has 0 fully saturated rings. The molecule has 0 saturated carbocycles. The van der Waals surface area contributed by atoms with Crippen molar-refractivity contribution in [2.24, 2.45) is 0 Å². The molecule has 3 rings (SSSR count). The zero-order chi connectivity index (χ0) is 13.9. The van der Waals surface area contributed by atoms with E-state index < -0.39 is 0 Å². The molecule has 0 aliphatic rings. The van der Waals surface area contributed by atoms with Gasteiger partial charge in [-0.15, -0.1) is 0 Å². The van der Waals surface area contributed by atoms with Gasteiger partial charge in [0.25, 0.3) is 5.69 Å². The Morgan fingerprint density at radius 2 is 1.90 bits per heavy atom. The Bertz CT molecular complexity index is 668. The van der Waals surface area contributed by atoms with Crippen LogP contribution in [0, 0.1) is 10.1 Å². The molecule has 2 aromatic heterocycles. The second-order valence-corrected chi connectivity index (χ2v) is 4.52. The van der Waals surface area contributed by atoms with Crippen LogP contribution in [0.25, 0.3) is 0 Å². The number of hydrogen-bond donors (Lipinski definition) is 2. The van der Waals surface area contributed by atoms with E-state index in [1.807, 2.05) is 42.9 Å². The lowest BCUT2D eigenvalue weighted by Gasteiger charge is -2.15. The molecule has 0 aliphatic heterocycles. The van der Waals surface area contributed by atoms with Crippen molar-refractivity contribution >= 4 is 5.69 Å². The number of nitro benzene ring substituents is 1. The summed E-state index contributed by atoms with van der Waals surface area (Å²) in [4.78, 5) is 17.1. The minimum Gasteiger partial charge on any atom is -0.367 e. The van der Waals surface area contributed by atoms with E-state index in [0.29, 0.717) is 5.56 Å². The summed E-state index contributed by atoms with van der Waals surface area (Å²) in [5.41, 5.74) is 2.73. The number of aromatic nitrogens is 2. The van der Waals surface area contributed by atoms with E-state index in [1.165, 1.54) is 6.07 Å². The highest BCUT2D eigenvalue weighted by Gasteiger charge is 2.25. The van der Waals surface area contributed by atoms with E-state index in [4.69, 9.17) is 0 Å². The lowest BCUT2D eigenvalue weighted by atomic mass is 9.89. The maximum Gasteiger partial charge on any atom is 0.273 e. The van der Waals surface area contributed by atoms with Crippen molar-refractivity contribution in [2.45, 2.75) is 5.92 Å². The smallest absolute Gasteiger partial charge is 0.273 e. The van der Waals surface area contributed by atoms with Crippen molar-refractivity contribution in [2.75, 3.05) is 0 Å². The first-order chi connectivity index (χ1) is 9.77. The molecular formula is C15H13N3O2. The first kappa shape index (κ1) is 12.2. The van der Waals surface area contributed by atoms with E-state index in [2.05, 4.69) is 9.97 Å². The van der Waals surface area contributed by atoms with Crippen molar-refractivity contribution in [1.29, 1.82) is 0 Å². The molecule has 1 aromatic carbocycles. The second-order valence-electron chi connectivity index (χ2n) is 4.52. The fourth-order valence-electron chi connectivity index (χ4n) is 2.46. The molecule has 0 radical (unpaired) electrons. The highest BCUT2D eigenvalue weighted by molar-refractivity contribution is 5.50. The number of H-pyrrole nitrogens is 2. The van der Waals surface area contributed by atoms with Crippen LogP contribution in [-0.4, -0.2) is 14.9 Å². The number of hydrogen-bond acceptors (Lipinski definition) is 2. The van der Waals surface area contributed by atoms with Gasteiger partial charge in [-0.05, 0) is 23.8 Å². The third-order valence-electron chi connectivity index (χ3n) is 3.33. The zero-order valence-electron chi connectivity index (χ0n) is 10.6. The summed E-state index contributed by atoms with van der Waals surface area (Å²) < 4.78 is 0. The van der Waals surface area contributed by atoms with Crippen molar-refractivity contribution in [3.05, 3.63) is 88.0 Å². The van der Waals surface area contributed by atoms with Crippen LogP contribution in [0.3, 0.4) is 0 Å². The summed E-state index contributed by atoms with van der Waals surface area (Å²) in [7, 11) is 0. The monoisotopic (exact) mass is 267 g/mol. The molecule has 0 spiro atoms. The minimum atomic E-state index is -0.335. The van der Waals surface area contributed by atoms with Crippen molar-refractivity contribution < 1.29 is 4.92 Å². The summed E-state index contributed by atoms with van der Waals surface area (Å²) >= 11 is 0. The van der Waals surface area contributed by atoms with Gasteiger partial charge in [0, 0.05) is 35.9 Å². The predicted molar refractivity (Wildman–Crippen MR) is 75.6 cm³/mol. The summed E-state index contributed by atoms with van der Waals surface area (Å²) in [6, 6.07) is 12.6. The Kier molecular flexibility index (Phi) is 3.09. The average molecular weight is 267 g/mol. The molecule has 0 amide bonds. The van der Waals surface area contributed by atoms with Gasteiger partial charge in [-0.2, -0.15) is 0 Å². The molecule has 5 heteroatoms. The lowest BCUT2D eigenvalue weighted by molar-refractivity contribution is -0.385. The van der Waals surface area contributed by atoms with E-state index in [1.54, 1.807) is 12.1 Å². The Morgan fingerprint density at radius 3 is 2.55 bits per heavy atom. The third-order valence-corrected chi connectivity index (χ3v) is 3.33. The third kappa shape index (κ3) is 2.09. The zero-order valence-corrected chi connectivity index (χ0v) is 10.6. The van der Waals surface area contributed by atoms with Crippen LogP contribution in [0.4, 0.5) is 5.69 Å². The maximum atomic E-state index is 11.3. The Balaban J connectivity index is 2.19. The van der Waals surface area contributed by atoms with Crippen LogP contribution < -0.4 is 0 Å². The normalized spacial score (nSPS) is 12.2. The number of nitrogens with one attached hydrogen (secondary N) is 2. The summed E-state index contributed by atoms with van der Waals surface area (Å²) in [5.74, 6) is -0.183. The van der Waals surface area contributed by atoms with Crippen LogP contribution >= 0.6 is 0 Å². The van der Waals surface area contributed by atoms with Crippen molar-refractivity contribution in [1.82, 2.24) is 9.97 Å². The molecule has 1 atom stereocenters. The minimum absolute atomic E-state index is 0.133. The van der Waals surface area contributed by atoms with Gasteiger partial charge in [-0.1, -0.05) is 18.2 Å². The average Bonchev–Trinajstić information content (AvgIpc) is 3.13. The van der Waals surface area contributed by atoms with E-state index in [0.717, 1.165) is 11.3 Å². The summed E-state index contributed by atoms with van der Waals surface area (Å²) in [5, 5.41) is 11.3. The first-order valence-corrected chi connectivity index (χ1v) is 6.26. The Morgan fingerprint density at radius 1 is 1.05 bits per heavy atom. The molecule has 20 heavy (non-hydrogen) atoms. The second kappa shape index (κ2) is 5.05.